The minimum atomic E-state index is -0.576. The lowest BCUT2D eigenvalue weighted by atomic mass is 10.2. The van der Waals surface area contributed by atoms with E-state index in [0.717, 1.165) is 18.7 Å². The van der Waals surface area contributed by atoms with Crippen LogP contribution >= 0.6 is 11.6 Å². The summed E-state index contributed by atoms with van der Waals surface area (Å²) in [5.74, 6) is -1.27. The van der Waals surface area contributed by atoms with E-state index in [0.29, 0.717) is 30.5 Å². The molecule has 0 aliphatic carbocycles. The molecule has 7 nitrogen and oxygen atoms in total. The van der Waals surface area contributed by atoms with Gasteiger partial charge in [-0.3, -0.25) is 14.5 Å². The molecule has 0 unspecified atom stereocenters. The molecule has 0 bridgehead atoms. The van der Waals surface area contributed by atoms with Crippen LogP contribution in [0.2, 0.25) is 5.02 Å². The van der Waals surface area contributed by atoms with Crippen molar-refractivity contribution < 1.29 is 23.5 Å². The minimum absolute atomic E-state index is 0.0155. The third-order valence-corrected chi connectivity index (χ3v) is 5.10. The second-order valence-corrected chi connectivity index (χ2v) is 7.49. The first-order valence-electron chi connectivity index (χ1n) is 10.0. The van der Waals surface area contributed by atoms with Gasteiger partial charge in [0.1, 0.15) is 12.4 Å². The van der Waals surface area contributed by atoms with Crippen LogP contribution in [0.25, 0.3) is 0 Å². The third kappa shape index (κ3) is 7.59. The van der Waals surface area contributed by atoms with Crippen LogP contribution in [0.5, 0.6) is 0 Å². The Kier molecular flexibility index (Phi) is 8.78. The molecule has 0 atom stereocenters. The molecule has 0 saturated carbocycles. The van der Waals surface area contributed by atoms with Gasteiger partial charge in [-0.05, 0) is 29.8 Å². The Bertz CT molecular complexity index is 906. The molecule has 1 heterocycles. The Morgan fingerprint density at radius 2 is 1.87 bits per heavy atom. The van der Waals surface area contributed by atoms with E-state index in [-0.39, 0.29) is 31.2 Å². The smallest absolute Gasteiger partial charge is 0.250 e. The summed E-state index contributed by atoms with van der Waals surface area (Å²) in [4.78, 5) is 26.4. The molecular weight excluding hydrogens is 425 g/mol. The number of hydrogen-bond acceptors (Lipinski definition) is 5. The lowest BCUT2D eigenvalue weighted by molar-refractivity contribution is -0.121. The van der Waals surface area contributed by atoms with Gasteiger partial charge >= 0.3 is 0 Å². The van der Waals surface area contributed by atoms with Crippen molar-refractivity contribution in [2.45, 2.75) is 13.0 Å². The van der Waals surface area contributed by atoms with Crippen molar-refractivity contribution in [3.05, 3.63) is 58.9 Å². The summed E-state index contributed by atoms with van der Waals surface area (Å²) >= 11 is 6.05. The number of nitrogens with one attached hydrogen (secondary N) is 2. The van der Waals surface area contributed by atoms with Crippen molar-refractivity contribution >= 4 is 34.8 Å². The molecule has 166 valence electrons. The number of ether oxygens (including phenoxy) is 2. The lowest BCUT2D eigenvalue weighted by Crippen LogP contribution is -2.38. The SMILES string of the molecule is O=C(COCc1ccccc1Cl)Nc1ccc(F)c(NC(=O)CCN2CCOCC2)c1. The highest BCUT2D eigenvalue weighted by molar-refractivity contribution is 6.31. The Morgan fingerprint density at radius 3 is 2.65 bits per heavy atom. The van der Waals surface area contributed by atoms with Crippen molar-refractivity contribution in [2.24, 2.45) is 0 Å². The monoisotopic (exact) mass is 449 g/mol. The quantitative estimate of drug-likeness (QED) is 0.614. The first-order valence-corrected chi connectivity index (χ1v) is 10.4. The van der Waals surface area contributed by atoms with Crippen LogP contribution in [-0.2, 0) is 25.7 Å². The van der Waals surface area contributed by atoms with E-state index in [1.807, 2.05) is 18.2 Å². The van der Waals surface area contributed by atoms with Crippen molar-refractivity contribution in [3.8, 4) is 0 Å². The fraction of sp³-hybridized carbons (Fsp3) is 0.364. The van der Waals surface area contributed by atoms with E-state index in [1.165, 1.54) is 18.2 Å². The minimum Gasteiger partial charge on any atom is -0.379 e. The predicted octanol–water partition coefficient (Wildman–Crippen LogP) is 3.30. The zero-order chi connectivity index (χ0) is 22.1. The number of rotatable bonds is 9. The van der Waals surface area contributed by atoms with E-state index in [9.17, 15) is 14.0 Å². The first kappa shape index (κ1) is 23.1. The van der Waals surface area contributed by atoms with Gasteiger partial charge in [-0.2, -0.15) is 0 Å². The van der Waals surface area contributed by atoms with E-state index in [1.54, 1.807) is 6.07 Å². The van der Waals surface area contributed by atoms with Crippen LogP contribution in [0, 0.1) is 5.82 Å². The standard InChI is InChI=1S/C22H25ClFN3O4/c23-18-4-2-1-3-16(18)14-31-15-22(29)25-17-5-6-19(24)20(13-17)26-21(28)7-8-27-9-11-30-12-10-27/h1-6,13H,7-12,14-15H2,(H,25,29)(H,26,28). The second-order valence-electron chi connectivity index (χ2n) is 7.08. The summed E-state index contributed by atoms with van der Waals surface area (Å²) in [5.41, 5.74) is 1.15. The molecule has 0 radical (unpaired) electrons. The van der Waals surface area contributed by atoms with Crippen LogP contribution in [-0.4, -0.2) is 56.2 Å². The van der Waals surface area contributed by atoms with Crippen molar-refractivity contribution in [1.29, 1.82) is 0 Å². The van der Waals surface area contributed by atoms with Crippen LogP contribution in [0.4, 0.5) is 15.8 Å². The second kappa shape index (κ2) is 11.8. The summed E-state index contributed by atoms with van der Waals surface area (Å²) in [7, 11) is 0. The molecule has 1 aliphatic rings. The molecule has 2 aromatic carbocycles. The van der Waals surface area contributed by atoms with E-state index in [2.05, 4.69) is 15.5 Å². The maximum absolute atomic E-state index is 14.1. The van der Waals surface area contributed by atoms with Crippen molar-refractivity contribution in [1.82, 2.24) is 4.90 Å². The van der Waals surface area contributed by atoms with Crippen LogP contribution in [0.15, 0.2) is 42.5 Å². The van der Waals surface area contributed by atoms with Crippen LogP contribution in [0.1, 0.15) is 12.0 Å². The first-order chi connectivity index (χ1) is 15.0. The molecule has 31 heavy (non-hydrogen) atoms. The average molecular weight is 450 g/mol. The maximum Gasteiger partial charge on any atom is 0.250 e. The highest BCUT2D eigenvalue weighted by Crippen LogP contribution is 2.20. The Morgan fingerprint density at radius 1 is 1.10 bits per heavy atom. The molecule has 1 aliphatic heterocycles. The molecular formula is C22H25ClFN3O4. The Balaban J connectivity index is 1.46. The van der Waals surface area contributed by atoms with Gasteiger partial charge in [-0.15, -0.1) is 0 Å². The van der Waals surface area contributed by atoms with Crippen molar-refractivity contribution in [2.75, 3.05) is 50.1 Å². The molecule has 1 fully saturated rings. The molecule has 9 heteroatoms. The molecule has 2 amide bonds. The topological polar surface area (TPSA) is 79.9 Å². The number of hydrogen-bond donors (Lipinski definition) is 2. The summed E-state index contributed by atoms with van der Waals surface area (Å²) in [6.45, 7) is 3.45. The molecule has 2 N–H and O–H groups in total. The fourth-order valence-electron chi connectivity index (χ4n) is 3.06. The van der Waals surface area contributed by atoms with E-state index >= 15 is 0 Å². The summed E-state index contributed by atoms with van der Waals surface area (Å²) in [6.07, 6.45) is 0.242. The third-order valence-electron chi connectivity index (χ3n) is 4.73. The molecule has 3 rings (SSSR count). The number of morpholine rings is 1. The van der Waals surface area contributed by atoms with Gasteiger partial charge in [-0.25, -0.2) is 4.39 Å². The number of benzene rings is 2. The number of carbonyl (C=O) groups excluding carboxylic acids is 2. The number of anilines is 2. The van der Waals surface area contributed by atoms with E-state index in [4.69, 9.17) is 21.1 Å². The lowest BCUT2D eigenvalue weighted by Gasteiger charge is -2.26. The van der Waals surface area contributed by atoms with Gasteiger partial charge in [0.2, 0.25) is 11.8 Å². The molecule has 0 spiro atoms. The number of amides is 2. The summed E-state index contributed by atoms with van der Waals surface area (Å²) < 4.78 is 24.8. The molecule has 1 saturated heterocycles. The fourth-order valence-corrected chi connectivity index (χ4v) is 3.25. The number of halogens is 2. The molecule has 0 aromatic heterocycles. The summed E-state index contributed by atoms with van der Waals surface area (Å²) in [6, 6.07) is 11.2. The van der Waals surface area contributed by atoms with Crippen molar-refractivity contribution in [3.63, 3.8) is 0 Å². The van der Waals surface area contributed by atoms with Gasteiger partial charge in [0, 0.05) is 36.8 Å². The number of nitrogens with zero attached hydrogens (tertiary/aromatic N) is 1. The van der Waals surface area contributed by atoms with Gasteiger partial charge in [0.15, 0.2) is 0 Å². The van der Waals surface area contributed by atoms with Crippen LogP contribution < -0.4 is 10.6 Å². The van der Waals surface area contributed by atoms with E-state index < -0.39 is 11.7 Å². The summed E-state index contributed by atoms with van der Waals surface area (Å²) in [5, 5.41) is 5.76. The zero-order valence-electron chi connectivity index (χ0n) is 17.0. The van der Waals surface area contributed by atoms with Gasteiger partial charge in [-0.1, -0.05) is 29.8 Å². The van der Waals surface area contributed by atoms with Gasteiger partial charge < -0.3 is 20.1 Å². The Hall–Kier alpha value is -2.52. The molecule has 2 aromatic rings. The van der Waals surface area contributed by atoms with Gasteiger partial charge in [0.25, 0.3) is 0 Å². The van der Waals surface area contributed by atoms with Crippen LogP contribution in [0.3, 0.4) is 0 Å². The highest BCUT2D eigenvalue weighted by atomic mass is 35.5. The maximum atomic E-state index is 14.1. The average Bonchev–Trinajstić information content (AvgIpc) is 2.77. The highest BCUT2D eigenvalue weighted by Gasteiger charge is 2.14. The normalized spacial score (nSPS) is 14.3. The Labute approximate surface area is 185 Å². The number of carbonyl (C=O) groups is 2. The largest absolute Gasteiger partial charge is 0.379 e. The van der Waals surface area contributed by atoms with Gasteiger partial charge in [0.05, 0.1) is 25.5 Å². The zero-order valence-corrected chi connectivity index (χ0v) is 17.8. The predicted molar refractivity (Wildman–Crippen MR) is 117 cm³/mol.